The van der Waals surface area contributed by atoms with Gasteiger partial charge in [0.25, 0.3) is 5.91 Å². The fourth-order valence-corrected chi connectivity index (χ4v) is 7.57. The number of sulfone groups is 1. The van der Waals surface area contributed by atoms with Crippen LogP contribution in [0, 0.1) is 11.1 Å². The van der Waals surface area contributed by atoms with Gasteiger partial charge < -0.3 is 20.0 Å². The summed E-state index contributed by atoms with van der Waals surface area (Å²) in [7, 11) is -3.68. The smallest absolute Gasteiger partial charge is 0.341 e. The molecule has 2 aliphatic rings. The van der Waals surface area contributed by atoms with E-state index in [1.165, 1.54) is 12.1 Å². The lowest BCUT2D eigenvalue weighted by atomic mass is 9.85. The van der Waals surface area contributed by atoms with E-state index in [0.717, 1.165) is 19.0 Å². The van der Waals surface area contributed by atoms with E-state index in [-0.39, 0.29) is 29.3 Å². The van der Waals surface area contributed by atoms with Crippen molar-refractivity contribution in [2.45, 2.75) is 75.5 Å². The number of nitrogens with zero attached hydrogens (tertiary/aromatic N) is 2. The van der Waals surface area contributed by atoms with E-state index in [9.17, 15) is 28.3 Å². The number of pyridine rings is 1. The van der Waals surface area contributed by atoms with Gasteiger partial charge in [-0.3, -0.25) is 4.79 Å². The van der Waals surface area contributed by atoms with Gasteiger partial charge in [-0.1, -0.05) is 47.5 Å². The molecule has 1 aliphatic heterocycles. The molecule has 1 saturated heterocycles. The fourth-order valence-electron chi connectivity index (χ4n) is 5.86. The van der Waals surface area contributed by atoms with Gasteiger partial charge in [-0.2, -0.15) is 4.73 Å². The molecule has 2 heterocycles. The third-order valence-corrected chi connectivity index (χ3v) is 11.8. The summed E-state index contributed by atoms with van der Waals surface area (Å²) in [5.41, 5.74) is -0.349. The number of benzene rings is 2. The highest BCUT2D eigenvalue weighted by atomic mass is 35.5. The molecule has 3 aromatic rings. The van der Waals surface area contributed by atoms with Crippen LogP contribution in [-0.2, 0) is 25.8 Å². The van der Waals surface area contributed by atoms with Crippen molar-refractivity contribution < 1.29 is 32.6 Å². The Hall–Kier alpha value is -3.18. The lowest BCUT2D eigenvalue weighted by Crippen LogP contribution is -2.63. The minimum Gasteiger partial charge on any atom is -0.618 e. The van der Waals surface area contributed by atoms with E-state index in [1.807, 2.05) is 6.07 Å². The molecule has 5 rings (SSSR count). The van der Waals surface area contributed by atoms with Crippen molar-refractivity contribution in [1.29, 1.82) is 0 Å². The Kier molecular flexibility index (Phi) is 9.00. The largest absolute Gasteiger partial charge is 0.618 e. The Morgan fingerprint density at radius 2 is 1.76 bits per heavy atom. The third kappa shape index (κ3) is 6.84. The molecule has 0 radical (unpaired) electrons. The maximum Gasteiger partial charge on any atom is 0.341 e. The molecular weight excluding hydrogens is 639 g/mol. The van der Waals surface area contributed by atoms with Gasteiger partial charge in [0.1, 0.15) is 11.7 Å². The molecular formula is C33H36Cl2N2O7S. The van der Waals surface area contributed by atoms with Crippen LogP contribution in [0.15, 0.2) is 66.9 Å². The maximum absolute atomic E-state index is 14.9. The standard InChI is InChI=1S/C33H36Cl2N2O7S/c1-32(2,3)45(42,43)19-27(20-8-9-20)37-28(21-10-13-24(34)14-11-21)29(22-6-5-7-25(35)16-22)44-33(4,31(37)40)17-26-15-12-23(30(38)39)18-36(26)41/h5-7,10-16,18,20,27-29H,8-9,17,19H2,1-4H3,(H,38,39)/t27-,28-,29-,33-/m1/s1. The molecule has 240 valence electrons. The zero-order valence-corrected chi connectivity index (χ0v) is 27.8. The van der Waals surface area contributed by atoms with Crippen LogP contribution >= 0.6 is 23.2 Å². The van der Waals surface area contributed by atoms with E-state index in [0.29, 0.717) is 25.9 Å². The molecule has 4 atom stereocenters. The number of amides is 1. The molecule has 0 spiro atoms. The highest BCUT2D eigenvalue weighted by Crippen LogP contribution is 2.50. The van der Waals surface area contributed by atoms with E-state index >= 15 is 0 Å². The monoisotopic (exact) mass is 674 g/mol. The Labute approximate surface area is 273 Å². The summed E-state index contributed by atoms with van der Waals surface area (Å²) in [6.07, 6.45) is 1.46. The van der Waals surface area contributed by atoms with Gasteiger partial charge in [0.15, 0.2) is 27.3 Å². The number of hydrogen-bond donors (Lipinski definition) is 1. The van der Waals surface area contributed by atoms with Gasteiger partial charge in [-0.25, -0.2) is 13.2 Å². The number of carbonyl (C=O) groups is 2. The number of morpholine rings is 1. The van der Waals surface area contributed by atoms with Crippen LogP contribution in [0.4, 0.5) is 0 Å². The van der Waals surface area contributed by atoms with Crippen molar-refractivity contribution in [3.63, 3.8) is 0 Å². The molecule has 45 heavy (non-hydrogen) atoms. The third-order valence-electron chi connectivity index (χ3n) is 8.66. The maximum atomic E-state index is 14.9. The molecule has 2 fully saturated rings. The summed E-state index contributed by atoms with van der Waals surface area (Å²) in [6, 6.07) is 15.3. The van der Waals surface area contributed by atoms with Crippen molar-refractivity contribution in [3.8, 4) is 0 Å². The second-order valence-corrected chi connectivity index (χ2v) is 16.7. The van der Waals surface area contributed by atoms with Crippen molar-refractivity contribution in [3.05, 3.63) is 104 Å². The lowest BCUT2D eigenvalue weighted by Gasteiger charge is -2.52. The van der Waals surface area contributed by atoms with E-state index in [4.69, 9.17) is 27.9 Å². The number of carboxylic acids is 1. The summed E-state index contributed by atoms with van der Waals surface area (Å²) >= 11 is 12.7. The molecule has 1 saturated carbocycles. The van der Waals surface area contributed by atoms with Crippen LogP contribution in [0.1, 0.15) is 79.9 Å². The van der Waals surface area contributed by atoms with Crippen molar-refractivity contribution >= 4 is 44.9 Å². The zero-order valence-electron chi connectivity index (χ0n) is 25.4. The van der Waals surface area contributed by atoms with Crippen LogP contribution in [0.2, 0.25) is 10.0 Å². The average Bonchev–Trinajstić information content (AvgIpc) is 3.80. The molecule has 1 aromatic heterocycles. The van der Waals surface area contributed by atoms with Crippen molar-refractivity contribution in [2.75, 3.05) is 5.75 Å². The SMILES string of the molecule is CC(C)(C)S(=O)(=O)C[C@H](C1CC1)N1C(=O)[C@@](C)(Cc2ccc(C(=O)O)c[n+]2[O-])O[C@H](c2cccc(Cl)c2)[C@H]1c1ccc(Cl)cc1. The second kappa shape index (κ2) is 12.2. The molecule has 1 N–H and O–H groups in total. The van der Waals surface area contributed by atoms with Gasteiger partial charge in [0, 0.05) is 22.2 Å². The minimum absolute atomic E-state index is 0.0532. The number of aromatic carboxylic acids is 1. The Bertz CT molecular complexity index is 1720. The summed E-state index contributed by atoms with van der Waals surface area (Å²) < 4.78 is 33.5. The summed E-state index contributed by atoms with van der Waals surface area (Å²) in [4.78, 5) is 28.0. The minimum atomic E-state index is -3.68. The highest BCUT2D eigenvalue weighted by molar-refractivity contribution is 7.92. The zero-order chi connectivity index (χ0) is 32.9. The Morgan fingerprint density at radius 1 is 1.09 bits per heavy atom. The molecule has 12 heteroatoms. The van der Waals surface area contributed by atoms with Crippen LogP contribution in [0.5, 0.6) is 0 Å². The topological polar surface area (TPSA) is 128 Å². The van der Waals surface area contributed by atoms with Gasteiger partial charge in [0.05, 0.1) is 23.0 Å². The number of hydrogen-bond acceptors (Lipinski definition) is 6. The number of ether oxygens (including phenoxy) is 1. The van der Waals surface area contributed by atoms with Crippen LogP contribution in [0.25, 0.3) is 0 Å². The van der Waals surface area contributed by atoms with Crippen molar-refractivity contribution in [1.82, 2.24) is 4.90 Å². The second-order valence-electron chi connectivity index (χ2n) is 13.0. The van der Waals surface area contributed by atoms with Crippen LogP contribution in [0.3, 0.4) is 0 Å². The predicted molar refractivity (Wildman–Crippen MR) is 171 cm³/mol. The average molecular weight is 676 g/mol. The molecule has 1 aliphatic carbocycles. The summed E-state index contributed by atoms with van der Waals surface area (Å²) in [5, 5.41) is 23.3. The van der Waals surface area contributed by atoms with Crippen molar-refractivity contribution in [2.24, 2.45) is 5.92 Å². The van der Waals surface area contributed by atoms with Gasteiger partial charge in [-0.05, 0) is 87.9 Å². The first kappa shape index (κ1) is 33.2. The molecule has 2 aromatic carbocycles. The van der Waals surface area contributed by atoms with Crippen LogP contribution in [-0.4, -0.2) is 52.4 Å². The molecule has 9 nitrogen and oxygen atoms in total. The van der Waals surface area contributed by atoms with E-state index in [2.05, 4.69) is 0 Å². The molecule has 0 bridgehead atoms. The van der Waals surface area contributed by atoms with Gasteiger partial charge in [0.2, 0.25) is 0 Å². The van der Waals surface area contributed by atoms with E-state index in [1.54, 1.807) is 75.1 Å². The van der Waals surface area contributed by atoms with Gasteiger partial charge in [-0.15, -0.1) is 0 Å². The summed E-state index contributed by atoms with van der Waals surface area (Å²) in [6.45, 7) is 6.54. The normalized spacial score (nSPS) is 23.2. The number of halogens is 2. The fraction of sp³-hybridized carbons (Fsp3) is 0.424. The predicted octanol–water partition coefficient (Wildman–Crippen LogP) is 5.96. The Balaban J connectivity index is 1.70. The quantitative estimate of drug-likeness (QED) is 0.219. The lowest BCUT2D eigenvalue weighted by molar-refractivity contribution is -0.615. The number of aromatic nitrogens is 1. The van der Waals surface area contributed by atoms with Crippen LogP contribution < -0.4 is 4.73 Å². The first-order valence-corrected chi connectivity index (χ1v) is 17.1. The number of carboxylic acid groups (broad SMARTS) is 1. The number of rotatable bonds is 9. The first-order valence-electron chi connectivity index (χ1n) is 14.7. The number of carbonyl (C=O) groups excluding carboxylic acids is 1. The Morgan fingerprint density at radius 3 is 2.31 bits per heavy atom. The molecule has 1 amide bonds. The summed E-state index contributed by atoms with van der Waals surface area (Å²) in [5.74, 6) is -2.02. The van der Waals surface area contributed by atoms with E-state index < -0.39 is 50.2 Å². The van der Waals surface area contributed by atoms with Gasteiger partial charge >= 0.3 is 5.97 Å². The first-order chi connectivity index (χ1) is 21.0. The highest BCUT2D eigenvalue weighted by Gasteiger charge is 2.56. The molecule has 0 unspecified atom stereocenters.